The van der Waals surface area contributed by atoms with Crippen LogP contribution in [0, 0.1) is 25.2 Å². The van der Waals surface area contributed by atoms with Crippen molar-refractivity contribution in [1.29, 1.82) is 5.26 Å². The Morgan fingerprint density at radius 2 is 2.33 bits per heavy atom. The number of nitrogens with zero attached hydrogens (tertiary/aromatic N) is 2. The Morgan fingerprint density at radius 3 is 2.83 bits per heavy atom. The number of carboxylic acid groups (broad SMARTS) is 1. The van der Waals surface area contributed by atoms with Crippen LogP contribution in [0.3, 0.4) is 0 Å². The number of aryl methyl sites for hydroxylation is 2. The lowest BCUT2D eigenvalue weighted by Crippen LogP contribution is -2.34. The Morgan fingerprint density at radius 1 is 1.67 bits per heavy atom. The van der Waals surface area contributed by atoms with E-state index in [-0.39, 0.29) is 6.61 Å². The molecule has 1 aromatic rings. The zero-order chi connectivity index (χ0) is 13.7. The van der Waals surface area contributed by atoms with Crippen molar-refractivity contribution in [2.24, 2.45) is 0 Å². The fraction of sp³-hybridized carbons (Fsp3) is 0.417. The Labute approximate surface area is 105 Å². The SMILES string of the molecule is COCC(Nc1cc(C)nc(C)c1C#N)C(=O)O. The number of nitrogens with one attached hydrogen (secondary N) is 1. The predicted molar refractivity (Wildman–Crippen MR) is 65.3 cm³/mol. The van der Waals surface area contributed by atoms with E-state index in [1.165, 1.54) is 7.11 Å². The summed E-state index contributed by atoms with van der Waals surface area (Å²) >= 11 is 0. The summed E-state index contributed by atoms with van der Waals surface area (Å²) in [4.78, 5) is 15.2. The van der Waals surface area contributed by atoms with Crippen LogP contribution in [0.15, 0.2) is 6.07 Å². The monoisotopic (exact) mass is 249 g/mol. The second kappa shape index (κ2) is 5.98. The number of hydrogen-bond donors (Lipinski definition) is 2. The van der Waals surface area contributed by atoms with Crippen LogP contribution in [-0.4, -0.2) is 35.8 Å². The van der Waals surface area contributed by atoms with Gasteiger partial charge in [0.2, 0.25) is 0 Å². The van der Waals surface area contributed by atoms with Crippen molar-refractivity contribution in [2.45, 2.75) is 19.9 Å². The van der Waals surface area contributed by atoms with Gasteiger partial charge in [-0.1, -0.05) is 0 Å². The molecule has 0 aromatic carbocycles. The van der Waals surface area contributed by atoms with Crippen LogP contribution in [0.4, 0.5) is 5.69 Å². The highest BCUT2D eigenvalue weighted by Crippen LogP contribution is 2.19. The van der Waals surface area contributed by atoms with Gasteiger partial charge in [0.1, 0.15) is 12.1 Å². The van der Waals surface area contributed by atoms with E-state index in [1.807, 2.05) is 6.07 Å². The zero-order valence-corrected chi connectivity index (χ0v) is 10.5. The van der Waals surface area contributed by atoms with Crippen molar-refractivity contribution in [3.05, 3.63) is 23.0 Å². The van der Waals surface area contributed by atoms with Gasteiger partial charge in [-0.05, 0) is 19.9 Å². The standard InChI is InChI=1S/C12H15N3O3/c1-7-4-10(9(5-13)8(2)14-7)15-11(6-18-3)12(16)17/h4,11H,6H2,1-3H3,(H,14,15)(H,16,17). The van der Waals surface area contributed by atoms with Gasteiger partial charge in [0.05, 0.1) is 23.6 Å². The van der Waals surface area contributed by atoms with Gasteiger partial charge in [0, 0.05) is 12.8 Å². The summed E-state index contributed by atoms with van der Waals surface area (Å²) in [6.07, 6.45) is 0. The van der Waals surface area contributed by atoms with Crippen LogP contribution in [-0.2, 0) is 9.53 Å². The normalized spacial score (nSPS) is 11.7. The van der Waals surface area contributed by atoms with E-state index in [0.29, 0.717) is 16.9 Å². The molecular formula is C12H15N3O3. The van der Waals surface area contributed by atoms with Gasteiger partial charge in [0.25, 0.3) is 0 Å². The molecular weight excluding hydrogens is 234 g/mol. The first-order chi connectivity index (χ1) is 8.49. The van der Waals surface area contributed by atoms with Gasteiger partial charge in [-0.2, -0.15) is 5.26 Å². The number of ether oxygens (including phenoxy) is 1. The first-order valence-electron chi connectivity index (χ1n) is 5.36. The lowest BCUT2D eigenvalue weighted by Gasteiger charge is -2.16. The molecule has 0 radical (unpaired) electrons. The summed E-state index contributed by atoms with van der Waals surface area (Å²) in [6.45, 7) is 3.51. The summed E-state index contributed by atoms with van der Waals surface area (Å²) in [6, 6.07) is 2.77. The van der Waals surface area contributed by atoms with Gasteiger partial charge < -0.3 is 15.2 Å². The van der Waals surface area contributed by atoms with E-state index in [4.69, 9.17) is 15.1 Å². The molecule has 0 saturated carbocycles. The molecule has 1 rings (SSSR count). The van der Waals surface area contributed by atoms with Crippen molar-refractivity contribution in [1.82, 2.24) is 4.98 Å². The molecule has 0 aliphatic rings. The van der Waals surface area contributed by atoms with E-state index < -0.39 is 12.0 Å². The molecule has 1 heterocycles. The quantitative estimate of drug-likeness (QED) is 0.810. The topological polar surface area (TPSA) is 95.2 Å². The summed E-state index contributed by atoms with van der Waals surface area (Å²) < 4.78 is 4.83. The Bertz CT molecular complexity index is 494. The number of carboxylic acids is 1. The Hall–Kier alpha value is -2.13. The highest BCUT2D eigenvalue weighted by Gasteiger charge is 2.19. The lowest BCUT2D eigenvalue weighted by atomic mass is 10.1. The van der Waals surface area contributed by atoms with Crippen molar-refractivity contribution < 1.29 is 14.6 Å². The van der Waals surface area contributed by atoms with Gasteiger partial charge in [0.15, 0.2) is 0 Å². The third kappa shape index (κ3) is 3.18. The maximum Gasteiger partial charge on any atom is 0.328 e. The van der Waals surface area contributed by atoms with E-state index in [2.05, 4.69) is 10.3 Å². The molecule has 18 heavy (non-hydrogen) atoms. The number of aliphatic carboxylic acids is 1. The first kappa shape index (κ1) is 13.9. The number of carbonyl (C=O) groups is 1. The lowest BCUT2D eigenvalue weighted by molar-refractivity contribution is -0.139. The molecule has 1 unspecified atom stereocenters. The second-order valence-electron chi connectivity index (χ2n) is 3.87. The molecule has 0 saturated heterocycles. The molecule has 6 nitrogen and oxygen atoms in total. The molecule has 0 spiro atoms. The van der Waals surface area contributed by atoms with Crippen LogP contribution >= 0.6 is 0 Å². The van der Waals surface area contributed by atoms with Crippen LogP contribution in [0.25, 0.3) is 0 Å². The van der Waals surface area contributed by atoms with Gasteiger partial charge in [-0.3, -0.25) is 4.98 Å². The Kier molecular flexibility index (Phi) is 4.63. The molecule has 96 valence electrons. The smallest absolute Gasteiger partial charge is 0.328 e. The fourth-order valence-electron chi connectivity index (χ4n) is 1.61. The number of aromatic nitrogens is 1. The number of methoxy groups -OCH3 is 1. The van der Waals surface area contributed by atoms with Gasteiger partial charge in [-0.15, -0.1) is 0 Å². The average Bonchev–Trinajstić information content (AvgIpc) is 2.27. The summed E-state index contributed by atoms with van der Waals surface area (Å²) in [5.74, 6) is -1.03. The second-order valence-corrected chi connectivity index (χ2v) is 3.87. The summed E-state index contributed by atoms with van der Waals surface area (Å²) in [5, 5.41) is 20.9. The maximum absolute atomic E-state index is 11.0. The zero-order valence-electron chi connectivity index (χ0n) is 10.5. The van der Waals surface area contributed by atoms with Gasteiger partial charge >= 0.3 is 5.97 Å². The summed E-state index contributed by atoms with van der Waals surface area (Å²) in [5.41, 5.74) is 2.10. The molecule has 0 aliphatic heterocycles. The van der Waals surface area contributed by atoms with Gasteiger partial charge in [-0.25, -0.2) is 4.79 Å². The van der Waals surface area contributed by atoms with E-state index in [9.17, 15) is 4.79 Å². The minimum atomic E-state index is -1.03. The largest absolute Gasteiger partial charge is 0.480 e. The van der Waals surface area contributed by atoms with E-state index in [0.717, 1.165) is 5.69 Å². The molecule has 1 aromatic heterocycles. The van der Waals surface area contributed by atoms with E-state index >= 15 is 0 Å². The number of rotatable bonds is 5. The highest BCUT2D eigenvalue weighted by atomic mass is 16.5. The molecule has 0 aliphatic carbocycles. The van der Waals surface area contributed by atoms with Crippen molar-refractivity contribution in [2.75, 3.05) is 19.0 Å². The first-order valence-corrected chi connectivity index (χ1v) is 5.36. The third-order valence-corrected chi connectivity index (χ3v) is 2.40. The average molecular weight is 249 g/mol. The van der Waals surface area contributed by atoms with Crippen LogP contribution < -0.4 is 5.32 Å². The van der Waals surface area contributed by atoms with Crippen LogP contribution in [0.5, 0.6) is 0 Å². The Balaban J connectivity index is 3.09. The van der Waals surface area contributed by atoms with E-state index in [1.54, 1.807) is 19.9 Å². The molecule has 2 N–H and O–H groups in total. The number of anilines is 1. The number of nitriles is 1. The summed E-state index contributed by atoms with van der Waals surface area (Å²) in [7, 11) is 1.42. The fourth-order valence-corrected chi connectivity index (χ4v) is 1.61. The van der Waals surface area contributed by atoms with Crippen molar-refractivity contribution in [3.63, 3.8) is 0 Å². The highest BCUT2D eigenvalue weighted by molar-refractivity contribution is 5.78. The van der Waals surface area contributed by atoms with Crippen molar-refractivity contribution >= 4 is 11.7 Å². The molecule has 0 bridgehead atoms. The van der Waals surface area contributed by atoms with Crippen LogP contribution in [0.2, 0.25) is 0 Å². The number of hydrogen-bond acceptors (Lipinski definition) is 5. The molecule has 0 amide bonds. The van der Waals surface area contributed by atoms with Crippen LogP contribution in [0.1, 0.15) is 17.0 Å². The molecule has 0 fully saturated rings. The minimum Gasteiger partial charge on any atom is -0.480 e. The molecule has 6 heteroatoms. The van der Waals surface area contributed by atoms with Crippen molar-refractivity contribution in [3.8, 4) is 6.07 Å². The number of pyridine rings is 1. The molecule has 1 atom stereocenters. The third-order valence-electron chi connectivity index (χ3n) is 2.40. The minimum absolute atomic E-state index is 0.0145. The maximum atomic E-state index is 11.0. The predicted octanol–water partition coefficient (Wildman–Crippen LogP) is 1.08.